The van der Waals surface area contributed by atoms with Gasteiger partial charge in [0.2, 0.25) is 11.1 Å². The number of hydrogen-bond donors (Lipinski definition) is 2. The number of carbonyl (C=O) groups excluding carboxylic acids is 1. The van der Waals surface area contributed by atoms with Crippen LogP contribution in [0.3, 0.4) is 0 Å². The van der Waals surface area contributed by atoms with Gasteiger partial charge in [0, 0.05) is 37.8 Å². The Kier molecular flexibility index (Phi) is 9.98. The molecule has 8 nitrogen and oxygen atoms in total. The molecule has 0 aliphatic carbocycles. The Morgan fingerprint density at radius 3 is 2.43 bits per heavy atom. The lowest BCUT2D eigenvalue weighted by Gasteiger charge is -2.29. The molecule has 0 radical (unpaired) electrons. The van der Waals surface area contributed by atoms with Gasteiger partial charge in [-0.25, -0.2) is 4.68 Å². The van der Waals surface area contributed by atoms with Crippen molar-refractivity contribution in [1.82, 2.24) is 14.8 Å². The van der Waals surface area contributed by atoms with Crippen LogP contribution in [0.4, 0.5) is 11.6 Å². The number of anilines is 2. The van der Waals surface area contributed by atoms with E-state index < -0.39 is 6.04 Å². The molecule has 4 aromatic carbocycles. The second kappa shape index (κ2) is 14.3. The number of thioether (sulfide) groups is 1. The number of fused-ring (bicyclic) bond motifs is 1. The summed E-state index contributed by atoms with van der Waals surface area (Å²) in [5.41, 5.74) is 5.23. The van der Waals surface area contributed by atoms with Crippen molar-refractivity contribution in [3.63, 3.8) is 0 Å². The molecular weight excluding hydrogens is 677 g/mol. The average molecular weight is 707 g/mol. The number of rotatable bonds is 10. The molecule has 0 saturated carbocycles. The third-order valence-electron chi connectivity index (χ3n) is 7.61. The highest BCUT2D eigenvalue weighted by atomic mass is 35.5. The maximum absolute atomic E-state index is 14.0. The Morgan fingerprint density at radius 2 is 1.68 bits per heavy atom. The van der Waals surface area contributed by atoms with Crippen molar-refractivity contribution in [2.24, 2.45) is 0 Å². The number of allylic oxidation sites excluding steroid dienone is 1. The summed E-state index contributed by atoms with van der Waals surface area (Å²) in [4.78, 5) is 18.8. The van der Waals surface area contributed by atoms with E-state index in [0.717, 1.165) is 16.7 Å². The second-order valence-electron chi connectivity index (χ2n) is 10.8. The highest BCUT2D eigenvalue weighted by Gasteiger charge is 2.35. The molecule has 1 atom stereocenters. The van der Waals surface area contributed by atoms with Gasteiger partial charge in [0.05, 0.1) is 12.7 Å². The van der Waals surface area contributed by atoms with E-state index in [-0.39, 0.29) is 12.5 Å². The molecule has 240 valence electrons. The first-order valence-corrected chi connectivity index (χ1v) is 16.8. The molecule has 6 rings (SSSR count). The Hall–Kier alpha value is -4.15. The molecule has 1 aliphatic heterocycles. The zero-order valence-electron chi connectivity index (χ0n) is 25.7. The average Bonchev–Trinajstić information content (AvgIpc) is 3.45. The molecule has 2 N–H and O–H groups in total. The molecule has 12 heteroatoms. The number of methoxy groups -OCH3 is 1. The molecule has 2 heterocycles. The van der Waals surface area contributed by atoms with Crippen LogP contribution in [0.25, 0.3) is 0 Å². The van der Waals surface area contributed by atoms with E-state index in [9.17, 15) is 4.79 Å². The molecule has 5 aromatic rings. The Labute approximate surface area is 292 Å². The van der Waals surface area contributed by atoms with Gasteiger partial charge in [0.15, 0.2) is 11.5 Å². The minimum Gasteiger partial charge on any atom is -0.493 e. The largest absolute Gasteiger partial charge is 0.493 e. The van der Waals surface area contributed by atoms with Crippen molar-refractivity contribution >= 4 is 64.1 Å². The molecule has 1 unspecified atom stereocenters. The topological polar surface area (TPSA) is 90.3 Å². The van der Waals surface area contributed by atoms with Crippen LogP contribution in [-0.4, -0.2) is 27.8 Å². The number of amides is 1. The van der Waals surface area contributed by atoms with Crippen LogP contribution in [-0.2, 0) is 17.2 Å². The standard InChI is InChI=1S/C35H30Cl3N5O3S/c1-20-8-6-10-24(16-20)40-33(44)31-21(2)39-34-41-35(47-19-23-9-4-5-11-26(23)36)42-43(34)32(31)22-14-15-29(30(17-22)45-3)46-18-25-27(37)12-7-13-28(25)38/h4-17,32H,18-19H2,1-3H3,(H,40,44)(H,39,41,42). The van der Waals surface area contributed by atoms with Gasteiger partial charge >= 0.3 is 0 Å². The minimum atomic E-state index is -0.640. The summed E-state index contributed by atoms with van der Waals surface area (Å²) in [7, 11) is 1.56. The van der Waals surface area contributed by atoms with E-state index >= 15 is 0 Å². The van der Waals surface area contributed by atoms with Crippen LogP contribution in [0.2, 0.25) is 15.1 Å². The van der Waals surface area contributed by atoms with Crippen molar-refractivity contribution in [2.45, 2.75) is 37.4 Å². The fourth-order valence-corrected chi connectivity index (χ4v) is 6.89. The molecular formula is C35H30Cl3N5O3S. The first-order valence-electron chi connectivity index (χ1n) is 14.6. The fraction of sp³-hybridized carbons (Fsp3) is 0.171. The van der Waals surface area contributed by atoms with E-state index in [1.165, 1.54) is 11.8 Å². The van der Waals surface area contributed by atoms with Gasteiger partial charge < -0.3 is 20.1 Å². The smallest absolute Gasteiger partial charge is 0.255 e. The highest BCUT2D eigenvalue weighted by molar-refractivity contribution is 7.98. The van der Waals surface area contributed by atoms with Crippen molar-refractivity contribution in [3.8, 4) is 11.5 Å². The van der Waals surface area contributed by atoms with E-state index in [1.807, 2.05) is 74.5 Å². The van der Waals surface area contributed by atoms with Crippen LogP contribution in [0.5, 0.6) is 11.5 Å². The Balaban J connectivity index is 1.35. The number of aryl methyl sites for hydroxylation is 1. The van der Waals surface area contributed by atoms with Gasteiger partial charge in [0.25, 0.3) is 5.91 Å². The number of nitrogens with zero attached hydrogens (tertiary/aromatic N) is 3. The zero-order chi connectivity index (χ0) is 33.1. The maximum atomic E-state index is 14.0. The third-order valence-corrected chi connectivity index (χ3v) is 9.57. The van der Waals surface area contributed by atoms with E-state index in [1.54, 1.807) is 36.1 Å². The molecule has 0 bridgehead atoms. The van der Waals surface area contributed by atoms with Crippen LogP contribution in [0, 0.1) is 6.92 Å². The lowest BCUT2D eigenvalue weighted by atomic mass is 9.94. The number of halogens is 3. The second-order valence-corrected chi connectivity index (χ2v) is 13.0. The van der Waals surface area contributed by atoms with Gasteiger partial charge in [-0.1, -0.05) is 89.0 Å². The predicted octanol–water partition coefficient (Wildman–Crippen LogP) is 9.35. The van der Waals surface area contributed by atoms with Gasteiger partial charge in [0.1, 0.15) is 12.6 Å². The van der Waals surface area contributed by atoms with Crippen molar-refractivity contribution in [3.05, 3.63) is 134 Å². The van der Waals surface area contributed by atoms with Crippen LogP contribution < -0.4 is 20.1 Å². The normalized spacial score (nSPS) is 14.0. The quantitative estimate of drug-likeness (QED) is 0.140. The van der Waals surface area contributed by atoms with Crippen molar-refractivity contribution in [2.75, 3.05) is 17.7 Å². The maximum Gasteiger partial charge on any atom is 0.255 e. The molecule has 1 aromatic heterocycles. The summed E-state index contributed by atoms with van der Waals surface area (Å²) < 4.78 is 13.6. The predicted molar refractivity (Wildman–Crippen MR) is 189 cm³/mol. The number of aromatic nitrogens is 3. The van der Waals surface area contributed by atoms with Gasteiger partial charge in [-0.2, -0.15) is 4.98 Å². The van der Waals surface area contributed by atoms with Gasteiger partial charge in [-0.3, -0.25) is 4.79 Å². The van der Waals surface area contributed by atoms with Crippen molar-refractivity contribution in [1.29, 1.82) is 0 Å². The van der Waals surface area contributed by atoms with Gasteiger partial charge in [-0.15, -0.1) is 5.10 Å². The van der Waals surface area contributed by atoms with E-state index in [4.69, 9.17) is 54.4 Å². The summed E-state index contributed by atoms with van der Waals surface area (Å²) in [5, 5.41) is 13.5. The molecule has 1 aliphatic rings. The van der Waals surface area contributed by atoms with Crippen LogP contribution >= 0.6 is 46.6 Å². The third kappa shape index (κ3) is 7.23. The van der Waals surface area contributed by atoms with Gasteiger partial charge in [-0.05, 0) is 73.0 Å². The number of benzene rings is 4. The van der Waals surface area contributed by atoms with Crippen LogP contribution in [0.1, 0.15) is 35.2 Å². The molecule has 47 heavy (non-hydrogen) atoms. The lowest BCUT2D eigenvalue weighted by Crippen LogP contribution is -2.31. The first-order chi connectivity index (χ1) is 22.7. The first kappa shape index (κ1) is 32.8. The molecule has 0 saturated heterocycles. The molecule has 0 fully saturated rings. The fourth-order valence-electron chi connectivity index (χ4n) is 5.27. The minimum absolute atomic E-state index is 0.143. The van der Waals surface area contributed by atoms with E-state index in [2.05, 4.69) is 10.6 Å². The number of ether oxygens (including phenoxy) is 2. The SMILES string of the molecule is COc1cc(C2C(C(=O)Nc3cccc(C)c3)=C(C)Nc3nc(SCc4ccccc4Cl)nn32)ccc1OCc1c(Cl)cccc1Cl. The van der Waals surface area contributed by atoms with Crippen molar-refractivity contribution < 1.29 is 14.3 Å². The summed E-state index contributed by atoms with van der Waals surface area (Å²) in [6.07, 6.45) is 0. The highest BCUT2D eigenvalue weighted by Crippen LogP contribution is 2.41. The van der Waals surface area contributed by atoms with Crippen LogP contribution in [0.15, 0.2) is 101 Å². The molecule has 1 amide bonds. The number of carbonyl (C=O) groups is 1. The summed E-state index contributed by atoms with van der Waals surface area (Å²) in [5.74, 6) is 1.77. The monoisotopic (exact) mass is 705 g/mol. The lowest BCUT2D eigenvalue weighted by molar-refractivity contribution is -0.113. The number of nitrogens with one attached hydrogen (secondary N) is 2. The molecule has 0 spiro atoms. The van der Waals surface area contributed by atoms with E-state index in [0.29, 0.717) is 65.9 Å². The number of hydrogen-bond acceptors (Lipinski definition) is 7. The Morgan fingerprint density at radius 1 is 0.936 bits per heavy atom. The Bertz CT molecular complexity index is 1980. The summed E-state index contributed by atoms with van der Waals surface area (Å²) in [6, 6.07) is 25.5. The summed E-state index contributed by atoms with van der Waals surface area (Å²) in [6.45, 7) is 3.98. The zero-order valence-corrected chi connectivity index (χ0v) is 28.8. The summed E-state index contributed by atoms with van der Waals surface area (Å²) >= 11 is 20.6.